The molecule has 0 saturated heterocycles. The van der Waals surface area contributed by atoms with Gasteiger partial charge in [0.25, 0.3) is 0 Å². The van der Waals surface area contributed by atoms with E-state index < -0.39 is 0 Å². The van der Waals surface area contributed by atoms with Crippen LogP contribution in [0.2, 0.25) is 0 Å². The summed E-state index contributed by atoms with van der Waals surface area (Å²) in [5.74, 6) is 0.411. The molecule has 32 heavy (non-hydrogen) atoms. The molecule has 4 rings (SSSR count). The minimum absolute atomic E-state index is 0.388. The monoisotopic (exact) mass is 493 g/mol. The third-order valence-electron chi connectivity index (χ3n) is 5.16. The molecule has 0 aliphatic rings. The topological polar surface area (TPSA) is 34.3 Å². The second kappa shape index (κ2) is 12.8. The van der Waals surface area contributed by atoms with Gasteiger partial charge < -0.3 is 10.4 Å². The van der Waals surface area contributed by atoms with Crippen LogP contribution < -0.4 is 10.6 Å². The molecular formula is C27H25ClNOPTi. The molecule has 0 spiro atoms. The van der Waals surface area contributed by atoms with Crippen LogP contribution in [0.1, 0.15) is 22.3 Å². The zero-order valence-corrected chi connectivity index (χ0v) is 21.2. The van der Waals surface area contributed by atoms with E-state index in [-0.39, 0.29) is 0 Å². The Morgan fingerprint density at radius 2 is 1.41 bits per heavy atom. The zero-order valence-electron chi connectivity index (χ0n) is 17.9. The number of hydrogen-bond acceptors (Lipinski definition) is 1. The van der Waals surface area contributed by atoms with Gasteiger partial charge in [-0.25, -0.2) is 0 Å². The molecule has 1 unspecified atom stereocenters. The molecule has 0 saturated carbocycles. The second-order valence-corrected chi connectivity index (χ2v) is 8.65. The molecule has 5 heteroatoms. The van der Waals surface area contributed by atoms with Gasteiger partial charge in [-0.15, -0.1) is 12.2 Å². The summed E-state index contributed by atoms with van der Waals surface area (Å²) >= 11 is 1.47. The van der Waals surface area contributed by atoms with Crippen molar-refractivity contribution in [1.82, 2.24) is 0 Å². The number of rotatable bonds is 7. The Balaban J connectivity index is 0.00000141. The number of para-hydroxylation sites is 2. The first kappa shape index (κ1) is 24.6. The number of phenols is 1. The maximum absolute atomic E-state index is 11.0. The number of phenolic OH excluding ortho intramolecular Hbond substituents is 1. The third-order valence-corrected chi connectivity index (χ3v) is 6.80. The van der Waals surface area contributed by atoms with E-state index in [1.54, 1.807) is 0 Å². The summed E-state index contributed by atoms with van der Waals surface area (Å²) in [4.78, 5) is 0. The Kier molecular flexibility index (Phi) is 9.84. The summed E-state index contributed by atoms with van der Waals surface area (Å²) in [6, 6.07) is 32.8. The molecule has 4 aromatic rings. The van der Waals surface area contributed by atoms with Crippen molar-refractivity contribution in [3.8, 4) is 5.75 Å². The molecule has 0 fully saturated rings. The molecule has 0 heterocycles. The molecule has 160 valence electrons. The molecule has 2 nitrogen and oxygen atoms in total. The molecule has 1 N–H and O–H groups in total. The standard InChI is InChI=1S/C27H25NOP.ClH.Ti/c1-20-10-8-14-23(19-28-24-15-6-3-7-16-24)27(20)30-25-17-9-13-22(26(25)29)18-21-11-4-2-5-12-21;;/h2-17,29-30H,18-19H2,1H3;1H;/q-1;;+2/p-1. The molecule has 1 atom stereocenters. The predicted octanol–water partition coefficient (Wildman–Crippen LogP) is 6.81. The van der Waals surface area contributed by atoms with Gasteiger partial charge in [-0.05, 0) is 28.9 Å². The van der Waals surface area contributed by atoms with Crippen LogP contribution in [0.5, 0.6) is 5.75 Å². The van der Waals surface area contributed by atoms with Crippen molar-refractivity contribution >= 4 is 34.2 Å². The first-order chi connectivity index (χ1) is 15.7. The summed E-state index contributed by atoms with van der Waals surface area (Å²) < 4.78 is 0. The second-order valence-electron chi connectivity index (χ2n) is 7.36. The van der Waals surface area contributed by atoms with Crippen LogP contribution in [-0.4, -0.2) is 5.11 Å². The average Bonchev–Trinajstić information content (AvgIpc) is 2.84. The van der Waals surface area contributed by atoms with Gasteiger partial charge in [0.2, 0.25) is 0 Å². The number of hydrogen-bond donors (Lipinski definition) is 1. The van der Waals surface area contributed by atoms with E-state index in [9.17, 15) is 5.11 Å². The number of aryl methyl sites for hydroxylation is 1. The Hall–Kier alpha value is -2.09. The number of aromatic hydroxyl groups is 1. The molecule has 0 aromatic heterocycles. The van der Waals surface area contributed by atoms with Gasteiger partial charge in [0, 0.05) is 11.7 Å². The Morgan fingerprint density at radius 3 is 2.12 bits per heavy atom. The Bertz CT molecular complexity index is 1120. The van der Waals surface area contributed by atoms with E-state index in [0.29, 0.717) is 20.9 Å². The third kappa shape index (κ3) is 6.71. The van der Waals surface area contributed by atoms with Crippen molar-refractivity contribution in [2.24, 2.45) is 0 Å². The van der Waals surface area contributed by atoms with E-state index in [4.69, 9.17) is 5.32 Å². The van der Waals surface area contributed by atoms with Crippen LogP contribution in [0.25, 0.3) is 5.32 Å². The van der Waals surface area contributed by atoms with Gasteiger partial charge in [-0.1, -0.05) is 111 Å². The summed E-state index contributed by atoms with van der Waals surface area (Å²) in [7, 11) is 5.03. The van der Waals surface area contributed by atoms with Crippen LogP contribution in [0.3, 0.4) is 0 Å². The van der Waals surface area contributed by atoms with Gasteiger partial charge in [0.1, 0.15) is 5.75 Å². The summed E-state index contributed by atoms with van der Waals surface area (Å²) in [6.45, 7) is 2.78. The van der Waals surface area contributed by atoms with Gasteiger partial charge >= 0.3 is 28.7 Å². The van der Waals surface area contributed by atoms with Gasteiger partial charge in [0.15, 0.2) is 0 Å². The number of halogens is 1. The quantitative estimate of drug-likeness (QED) is 0.223. The van der Waals surface area contributed by atoms with E-state index in [1.165, 1.54) is 41.4 Å². The van der Waals surface area contributed by atoms with Crippen molar-refractivity contribution < 1.29 is 24.5 Å². The Labute approximate surface area is 208 Å². The molecule has 0 aliphatic carbocycles. The van der Waals surface area contributed by atoms with Crippen molar-refractivity contribution in [3.63, 3.8) is 0 Å². The number of nitrogens with zero attached hydrogens (tertiary/aromatic N) is 1. The molecule has 0 amide bonds. The van der Waals surface area contributed by atoms with Gasteiger partial charge in [-0.2, -0.15) is 0 Å². The average molecular weight is 494 g/mol. The zero-order chi connectivity index (χ0) is 22.8. The minimum atomic E-state index is 0.388. The van der Waals surface area contributed by atoms with E-state index in [1.807, 2.05) is 66.7 Å². The SMILES string of the molecule is Cc1cccc(C[N-]c2ccccc2)c1Pc1cccc(Cc2ccccc2)c1O.[Cl][Ti+]. The molecular weight excluding hydrogens is 469 g/mol. The molecule has 4 aromatic carbocycles. The van der Waals surface area contributed by atoms with Gasteiger partial charge in [-0.3, -0.25) is 0 Å². The fourth-order valence-corrected chi connectivity index (χ4v) is 4.87. The first-order valence-corrected chi connectivity index (χ1v) is 13.5. The number of benzene rings is 4. The molecule has 0 bridgehead atoms. The van der Waals surface area contributed by atoms with Crippen LogP contribution in [0.4, 0.5) is 5.69 Å². The van der Waals surface area contributed by atoms with E-state index in [2.05, 4.69) is 46.6 Å². The van der Waals surface area contributed by atoms with Crippen molar-refractivity contribution in [2.75, 3.05) is 0 Å². The summed E-state index contributed by atoms with van der Waals surface area (Å²) in [5, 5.41) is 18.0. The van der Waals surface area contributed by atoms with Gasteiger partial charge in [0.05, 0.1) is 0 Å². The van der Waals surface area contributed by atoms with Crippen molar-refractivity contribution in [3.05, 3.63) is 125 Å². The van der Waals surface area contributed by atoms with E-state index >= 15 is 0 Å². The maximum atomic E-state index is 11.0. The van der Waals surface area contributed by atoms with Crippen molar-refractivity contribution in [1.29, 1.82) is 0 Å². The molecule has 0 aliphatic heterocycles. The summed E-state index contributed by atoms with van der Waals surface area (Å²) in [5.41, 5.74) is 5.61. The first-order valence-electron chi connectivity index (χ1n) is 10.3. The fourth-order valence-electron chi connectivity index (χ4n) is 3.53. The fraction of sp³-hybridized carbons (Fsp3) is 0.111. The van der Waals surface area contributed by atoms with Crippen LogP contribution >= 0.6 is 17.9 Å². The normalized spacial score (nSPS) is 10.5. The summed E-state index contributed by atoms with van der Waals surface area (Å²) in [6.07, 6.45) is 0.731. The Morgan fingerprint density at radius 1 is 0.781 bits per heavy atom. The van der Waals surface area contributed by atoms with Crippen LogP contribution in [-0.2, 0) is 32.3 Å². The predicted molar refractivity (Wildman–Crippen MR) is 135 cm³/mol. The van der Waals surface area contributed by atoms with Crippen LogP contribution in [0, 0.1) is 6.92 Å². The van der Waals surface area contributed by atoms with Crippen LogP contribution in [0.15, 0.2) is 97.1 Å². The van der Waals surface area contributed by atoms with E-state index in [0.717, 1.165) is 23.0 Å². The van der Waals surface area contributed by atoms with Crippen molar-refractivity contribution in [2.45, 2.75) is 19.9 Å². The molecule has 0 radical (unpaired) electrons.